The van der Waals surface area contributed by atoms with Gasteiger partial charge in [-0.1, -0.05) is 35.9 Å². The minimum atomic E-state index is 0.128. The van der Waals surface area contributed by atoms with Crippen molar-refractivity contribution in [3.8, 4) is 23.0 Å². The number of aryl methyl sites for hydroxylation is 1. The molecule has 3 aliphatic rings. The largest absolute Gasteiger partial charge is 0.457 e. The van der Waals surface area contributed by atoms with Crippen molar-refractivity contribution in [2.45, 2.75) is 12.8 Å². The van der Waals surface area contributed by atoms with Crippen molar-refractivity contribution >= 4 is 17.1 Å². The second kappa shape index (κ2) is 5.21. The van der Waals surface area contributed by atoms with E-state index in [2.05, 4.69) is 72.5 Å². The summed E-state index contributed by atoms with van der Waals surface area (Å²) in [6, 6.07) is 27.5. The number of nitrogens with zero attached hydrogens (tertiary/aromatic N) is 1. The van der Waals surface area contributed by atoms with E-state index >= 15 is 0 Å². The molecule has 3 nitrogen and oxygen atoms in total. The van der Waals surface area contributed by atoms with Gasteiger partial charge in [0.15, 0.2) is 0 Å². The molecule has 3 heterocycles. The highest BCUT2D eigenvalue weighted by atomic mass is 16.5. The summed E-state index contributed by atoms with van der Waals surface area (Å²) in [5, 5.41) is 0. The Morgan fingerprint density at radius 2 is 1.07 bits per heavy atom. The first-order valence-electron chi connectivity index (χ1n) is 9.91. The fourth-order valence-electron chi connectivity index (χ4n) is 4.97. The summed E-state index contributed by atoms with van der Waals surface area (Å²) < 4.78 is 12.7. The Morgan fingerprint density at radius 3 is 1.62 bits per heavy atom. The molecule has 0 radical (unpaired) electrons. The number of hydrogen-bond acceptors (Lipinski definition) is 3. The molecule has 7 rings (SSSR count). The Morgan fingerprint density at radius 1 is 0.586 bits per heavy atom. The maximum Gasteiger partial charge on any atom is 0.135 e. The lowest BCUT2D eigenvalue weighted by molar-refractivity contribution is 0.409. The highest BCUT2D eigenvalue weighted by Crippen LogP contribution is 2.64. The third-order valence-corrected chi connectivity index (χ3v) is 6.19. The van der Waals surface area contributed by atoms with Gasteiger partial charge in [-0.15, -0.1) is 0 Å². The van der Waals surface area contributed by atoms with Crippen LogP contribution >= 0.6 is 0 Å². The highest BCUT2D eigenvalue weighted by Gasteiger charge is 2.44. The Hall–Kier alpha value is -3.72. The van der Waals surface area contributed by atoms with Gasteiger partial charge in [0.1, 0.15) is 23.0 Å². The van der Waals surface area contributed by atoms with Crippen LogP contribution in [0.25, 0.3) is 0 Å². The molecule has 0 aromatic heterocycles. The number of hydrogen-bond donors (Lipinski definition) is 0. The second-order valence-corrected chi connectivity index (χ2v) is 7.85. The zero-order chi connectivity index (χ0) is 19.1. The second-order valence-electron chi connectivity index (χ2n) is 7.85. The van der Waals surface area contributed by atoms with Gasteiger partial charge in [0, 0.05) is 22.4 Å². The summed E-state index contributed by atoms with van der Waals surface area (Å²) in [7, 11) is 0. The minimum Gasteiger partial charge on any atom is -0.457 e. The smallest absolute Gasteiger partial charge is 0.135 e. The van der Waals surface area contributed by atoms with Gasteiger partial charge in [-0.3, -0.25) is 0 Å². The Balaban J connectivity index is 1.60. The third-order valence-electron chi connectivity index (χ3n) is 6.19. The van der Waals surface area contributed by atoms with Crippen molar-refractivity contribution < 1.29 is 9.47 Å². The van der Waals surface area contributed by atoms with Crippen LogP contribution in [-0.2, 0) is 0 Å². The van der Waals surface area contributed by atoms with Crippen LogP contribution < -0.4 is 14.4 Å². The fourth-order valence-corrected chi connectivity index (χ4v) is 4.97. The van der Waals surface area contributed by atoms with Gasteiger partial charge in [0.25, 0.3) is 0 Å². The maximum atomic E-state index is 6.35. The molecule has 0 spiro atoms. The van der Waals surface area contributed by atoms with Crippen LogP contribution in [0.5, 0.6) is 23.0 Å². The summed E-state index contributed by atoms with van der Waals surface area (Å²) >= 11 is 0. The zero-order valence-corrected chi connectivity index (χ0v) is 15.8. The van der Waals surface area contributed by atoms with Gasteiger partial charge < -0.3 is 14.4 Å². The van der Waals surface area contributed by atoms with Crippen molar-refractivity contribution in [2.24, 2.45) is 0 Å². The molecule has 0 atom stereocenters. The topological polar surface area (TPSA) is 21.7 Å². The van der Waals surface area contributed by atoms with Gasteiger partial charge >= 0.3 is 0 Å². The minimum absolute atomic E-state index is 0.128. The Bertz CT molecular complexity index is 1250. The molecule has 0 unspecified atom stereocenters. The van der Waals surface area contributed by atoms with Crippen LogP contribution in [0.4, 0.5) is 17.1 Å². The van der Waals surface area contributed by atoms with E-state index in [-0.39, 0.29) is 5.92 Å². The van der Waals surface area contributed by atoms with E-state index in [1.54, 1.807) is 0 Å². The van der Waals surface area contributed by atoms with Gasteiger partial charge in [-0.05, 0) is 55.5 Å². The standard InChI is InChI=1S/C26H17NO2/c1-15-11-13-16(14-12-15)27-17-5-2-7-19-23(17)26-24-18(27)6-3-8-20(24)29-22-10-4-9-21(28-19)25(22)26/h2-14,26H,1H3. The fraction of sp³-hybridized carbons (Fsp3) is 0.0769. The van der Waals surface area contributed by atoms with Crippen LogP contribution in [-0.4, -0.2) is 0 Å². The van der Waals surface area contributed by atoms with Crippen molar-refractivity contribution in [2.75, 3.05) is 4.90 Å². The number of benzene rings is 4. The number of anilines is 3. The summed E-state index contributed by atoms with van der Waals surface area (Å²) in [6.07, 6.45) is 0. The lowest BCUT2D eigenvalue weighted by Crippen LogP contribution is -2.27. The van der Waals surface area contributed by atoms with E-state index in [0.29, 0.717) is 0 Å². The average Bonchev–Trinajstić information content (AvgIpc) is 2.75. The Labute approximate surface area is 168 Å². The summed E-state index contributed by atoms with van der Waals surface area (Å²) in [5.74, 6) is 3.76. The summed E-state index contributed by atoms with van der Waals surface area (Å²) in [4.78, 5) is 2.33. The van der Waals surface area contributed by atoms with E-state index < -0.39 is 0 Å². The molecule has 0 bridgehead atoms. The first kappa shape index (κ1) is 15.2. The third kappa shape index (κ3) is 1.87. The highest BCUT2D eigenvalue weighted by molar-refractivity contribution is 5.91. The van der Waals surface area contributed by atoms with Crippen LogP contribution in [0.15, 0.2) is 78.9 Å². The molecule has 4 aromatic rings. The normalized spacial score (nSPS) is 14.7. The van der Waals surface area contributed by atoms with E-state index in [1.807, 2.05) is 18.2 Å². The van der Waals surface area contributed by atoms with E-state index in [1.165, 1.54) is 28.1 Å². The van der Waals surface area contributed by atoms with E-state index in [4.69, 9.17) is 9.47 Å². The molecule has 4 aromatic carbocycles. The predicted octanol–water partition coefficient (Wildman–Crippen LogP) is 7.17. The quantitative estimate of drug-likeness (QED) is 0.304. The molecular weight excluding hydrogens is 358 g/mol. The lowest BCUT2D eigenvalue weighted by atomic mass is 9.76. The van der Waals surface area contributed by atoms with E-state index in [9.17, 15) is 0 Å². The zero-order valence-electron chi connectivity index (χ0n) is 15.8. The van der Waals surface area contributed by atoms with Crippen molar-refractivity contribution in [1.29, 1.82) is 0 Å². The molecule has 138 valence electrons. The van der Waals surface area contributed by atoms with Gasteiger partial charge in [0.2, 0.25) is 0 Å². The van der Waals surface area contributed by atoms with Crippen LogP contribution in [0, 0.1) is 6.92 Å². The molecule has 3 heteroatoms. The van der Waals surface area contributed by atoms with Gasteiger partial charge in [0.05, 0.1) is 17.3 Å². The van der Waals surface area contributed by atoms with Crippen molar-refractivity contribution in [3.05, 3.63) is 101 Å². The van der Waals surface area contributed by atoms with Gasteiger partial charge in [-0.25, -0.2) is 0 Å². The SMILES string of the molecule is Cc1ccc(N2c3cccc4c3C3c5c(cccc5Oc5cccc2c53)O4)cc1. The summed E-state index contributed by atoms with van der Waals surface area (Å²) in [5.41, 5.74) is 8.30. The number of ether oxygens (including phenoxy) is 2. The van der Waals surface area contributed by atoms with Crippen LogP contribution in [0.3, 0.4) is 0 Å². The van der Waals surface area contributed by atoms with Gasteiger partial charge in [-0.2, -0.15) is 0 Å². The maximum absolute atomic E-state index is 6.35. The Kier molecular flexibility index (Phi) is 2.73. The molecule has 0 amide bonds. The van der Waals surface area contributed by atoms with Crippen molar-refractivity contribution in [3.63, 3.8) is 0 Å². The molecule has 0 fully saturated rings. The molecule has 29 heavy (non-hydrogen) atoms. The first-order valence-corrected chi connectivity index (χ1v) is 9.91. The van der Waals surface area contributed by atoms with E-state index in [0.717, 1.165) is 34.2 Å². The monoisotopic (exact) mass is 375 g/mol. The molecule has 0 saturated heterocycles. The van der Waals surface area contributed by atoms with Crippen LogP contribution in [0.2, 0.25) is 0 Å². The molecule has 0 N–H and O–H groups in total. The molecule has 0 aliphatic carbocycles. The first-order chi connectivity index (χ1) is 14.3. The lowest BCUT2D eigenvalue weighted by Gasteiger charge is -2.43. The molecular formula is C26H17NO2. The predicted molar refractivity (Wildman–Crippen MR) is 113 cm³/mol. The number of rotatable bonds is 1. The van der Waals surface area contributed by atoms with Crippen LogP contribution in [0.1, 0.15) is 28.2 Å². The molecule has 3 aliphatic heterocycles. The summed E-state index contributed by atoms with van der Waals surface area (Å²) in [6.45, 7) is 2.12. The van der Waals surface area contributed by atoms with Crippen molar-refractivity contribution in [1.82, 2.24) is 0 Å². The average molecular weight is 375 g/mol. The molecule has 0 saturated carbocycles.